The summed E-state index contributed by atoms with van der Waals surface area (Å²) in [5, 5.41) is 3.23. The first-order valence-corrected chi connectivity index (χ1v) is 5.04. The third-order valence-electron chi connectivity index (χ3n) is 2.95. The Balaban J connectivity index is 1.88. The first kappa shape index (κ1) is 9.73. The number of guanidine groups is 1. The van der Waals surface area contributed by atoms with E-state index in [1.807, 2.05) is 0 Å². The number of hydrogen-bond donors (Lipinski definition) is 3. The maximum atomic E-state index is 5.37. The summed E-state index contributed by atoms with van der Waals surface area (Å²) in [5.41, 5.74) is 2.51. The van der Waals surface area contributed by atoms with Crippen molar-refractivity contribution in [2.24, 2.45) is 10.8 Å². The number of methoxy groups -OCH3 is 1. The Hall–Kier alpha value is -0.810. The van der Waals surface area contributed by atoms with Crippen molar-refractivity contribution in [2.75, 3.05) is 7.11 Å². The van der Waals surface area contributed by atoms with Crippen molar-refractivity contribution in [2.45, 2.75) is 43.9 Å². The van der Waals surface area contributed by atoms with Gasteiger partial charge in [0.1, 0.15) is 0 Å². The first-order valence-electron chi connectivity index (χ1n) is 5.04. The minimum absolute atomic E-state index is 0.0761. The van der Waals surface area contributed by atoms with Crippen LogP contribution in [-0.4, -0.2) is 30.8 Å². The number of hydrogen-bond acceptors (Lipinski definition) is 3. The molecule has 2 atom stereocenters. The zero-order chi connectivity index (χ0) is 10.2. The Morgan fingerprint density at radius 3 is 2.71 bits per heavy atom. The molecule has 5 nitrogen and oxygen atoms in total. The molecule has 4 N–H and O–H groups in total. The largest absolute Gasteiger partial charge is 0.376 e. The summed E-state index contributed by atoms with van der Waals surface area (Å²) < 4.78 is 5.32. The predicted octanol–water partition coefficient (Wildman–Crippen LogP) is -0.265. The van der Waals surface area contributed by atoms with Crippen LogP contribution in [0.25, 0.3) is 0 Å². The molecule has 5 heteroatoms. The van der Waals surface area contributed by atoms with Crippen molar-refractivity contribution in [1.82, 2.24) is 10.7 Å². The summed E-state index contributed by atoms with van der Waals surface area (Å²) in [6.45, 7) is 2.06. The maximum absolute atomic E-state index is 5.37. The number of nitrogens with two attached hydrogens (primary N) is 1. The van der Waals surface area contributed by atoms with Crippen LogP contribution in [-0.2, 0) is 4.74 Å². The molecule has 0 bridgehead atoms. The second-order valence-electron chi connectivity index (χ2n) is 4.28. The van der Waals surface area contributed by atoms with Crippen LogP contribution in [0.15, 0.2) is 4.99 Å². The molecule has 2 fully saturated rings. The van der Waals surface area contributed by atoms with Gasteiger partial charge in [0.15, 0.2) is 0 Å². The van der Waals surface area contributed by atoms with Gasteiger partial charge in [-0.2, -0.15) is 0 Å². The van der Waals surface area contributed by atoms with E-state index in [9.17, 15) is 0 Å². The van der Waals surface area contributed by atoms with Gasteiger partial charge in [-0.05, 0) is 19.8 Å². The summed E-state index contributed by atoms with van der Waals surface area (Å²) in [7, 11) is 1.72. The van der Waals surface area contributed by atoms with Crippen LogP contribution in [0, 0.1) is 0 Å². The number of nitrogens with one attached hydrogen (secondary N) is 2. The van der Waals surface area contributed by atoms with Crippen LogP contribution in [0.5, 0.6) is 0 Å². The molecule has 14 heavy (non-hydrogen) atoms. The average molecular weight is 198 g/mol. The normalized spacial score (nSPS) is 36.8. The van der Waals surface area contributed by atoms with Gasteiger partial charge in [0.2, 0.25) is 5.96 Å². The van der Waals surface area contributed by atoms with E-state index in [0.29, 0.717) is 12.0 Å². The third-order valence-corrected chi connectivity index (χ3v) is 2.95. The predicted molar refractivity (Wildman–Crippen MR) is 54.7 cm³/mol. The maximum Gasteiger partial charge on any atom is 0.206 e. The van der Waals surface area contributed by atoms with Crippen LogP contribution in [0.4, 0.5) is 0 Å². The molecule has 0 aromatic heterocycles. The van der Waals surface area contributed by atoms with E-state index >= 15 is 0 Å². The zero-order valence-corrected chi connectivity index (χ0v) is 8.71. The number of rotatable bonds is 3. The molecule has 0 aromatic carbocycles. The molecule has 2 aliphatic rings. The van der Waals surface area contributed by atoms with Crippen molar-refractivity contribution in [3.63, 3.8) is 0 Å². The Morgan fingerprint density at radius 1 is 1.57 bits per heavy atom. The topological polar surface area (TPSA) is 71.7 Å². The second-order valence-corrected chi connectivity index (χ2v) is 4.28. The van der Waals surface area contributed by atoms with Gasteiger partial charge in [-0.25, -0.2) is 10.8 Å². The number of nitrogens with zero attached hydrogens (tertiary/aromatic N) is 1. The van der Waals surface area contributed by atoms with Crippen LogP contribution in [0.1, 0.15) is 26.2 Å². The fourth-order valence-electron chi connectivity index (χ4n) is 1.42. The van der Waals surface area contributed by atoms with Crippen LogP contribution < -0.4 is 16.6 Å². The molecular formula is C9H18N4O. The van der Waals surface area contributed by atoms with Gasteiger partial charge < -0.3 is 10.1 Å². The van der Waals surface area contributed by atoms with E-state index in [4.69, 9.17) is 10.6 Å². The van der Waals surface area contributed by atoms with E-state index in [-0.39, 0.29) is 11.6 Å². The number of aliphatic imine (C=N–C) groups is 1. The summed E-state index contributed by atoms with van der Waals surface area (Å²) in [6.07, 6.45) is 3.40. The first-order chi connectivity index (χ1) is 6.68. The van der Waals surface area contributed by atoms with E-state index in [1.165, 1.54) is 12.8 Å². The molecule has 0 saturated heterocycles. The quantitative estimate of drug-likeness (QED) is 0.253. The van der Waals surface area contributed by atoms with Gasteiger partial charge in [-0.3, -0.25) is 5.43 Å². The van der Waals surface area contributed by atoms with Crippen molar-refractivity contribution in [3.05, 3.63) is 0 Å². The standard InChI is InChI=1S/C9H18N4O/c1-9(14-2)5-7(9)12-8(13-10)11-6-3-4-6/h6-7H,3-5,10H2,1-2H3,(H2,11,12,13)/t7-,9+/m1/s1. The Bertz CT molecular complexity index is 251. The summed E-state index contributed by atoms with van der Waals surface area (Å²) in [6, 6.07) is 0.808. The molecule has 2 rings (SSSR count). The highest BCUT2D eigenvalue weighted by Gasteiger charge is 2.51. The highest BCUT2D eigenvalue weighted by atomic mass is 16.5. The lowest BCUT2D eigenvalue weighted by Gasteiger charge is -2.09. The number of ether oxygens (including phenoxy) is 1. The summed E-state index contributed by atoms with van der Waals surface area (Å²) >= 11 is 0. The van der Waals surface area contributed by atoms with Gasteiger partial charge in [0, 0.05) is 19.6 Å². The van der Waals surface area contributed by atoms with E-state index < -0.39 is 0 Å². The van der Waals surface area contributed by atoms with E-state index in [1.54, 1.807) is 7.11 Å². The molecule has 80 valence electrons. The van der Waals surface area contributed by atoms with Crippen molar-refractivity contribution >= 4 is 5.96 Å². The van der Waals surface area contributed by atoms with Gasteiger partial charge in [-0.15, -0.1) is 0 Å². The molecule has 0 aliphatic heterocycles. The third kappa shape index (κ3) is 1.99. The Morgan fingerprint density at radius 2 is 2.29 bits per heavy atom. The molecule has 0 aromatic rings. The highest BCUT2D eigenvalue weighted by Crippen LogP contribution is 2.41. The molecule has 2 aliphatic carbocycles. The molecule has 0 radical (unpaired) electrons. The average Bonchev–Trinajstić information content (AvgIpc) is 3.06. The molecule has 2 saturated carbocycles. The molecule has 0 unspecified atom stereocenters. The van der Waals surface area contributed by atoms with Crippen molar-refractivity contribution in [3.8, 4) is 0 Å². The molecule has 0 amide bonds. The molecule has 0 spiro atoms. The van der Waals surface area contributed by atoms with Crippen molar-refractivity contribution in [1.29, 1.82) is 0 Å². The van der Waals surface area contributed by atoms with Crippen LogP contribution in [0.2, 0.25) is 0 Å². The van der Waals surface area contributed by atoms with E-state index in [2.05, 4.69) is 22.7 Å². The lowest BCUT2D eigenvalue weighted by molar-refractivity contribution is 0.0918. The van der Waals surface area contributed by atoms with Crippen molar-refractivity contribution < 1.29 is 4.74 Å². The smallest absolute Gasteiger partial charge is 0.206 e. The number of hydrazine groups is 1. The van der Waals surface area contributed by atoms with Gasteiger partial charge in [0.25, 0.3) is 0 Å². The monoisotopic (exact) mass is 198 g/mol. The lowest BCUT2D eigenvalue weighted by atomic mass is 10.4. The Labute approximate surface area is 84.1 Å². The second kappa shape index (κ2) is 3.40. The van der Waals surface area contributed by atoms with Gasteiger partial charge >= 0.3 is 0 Å². The van der Waals surface area contributed by atoms with E-state index in [0.717, 1.165) is 6.42 Å². The highest BCUT2D eigenvalue weighted by molar-refractivity contribution is 5.80. The Kier molecular flexibility index (Phi) is 2.36. The fourth-order valence-corrected chi connectivity index (χ4v) is 1.42. The SMILES string of the molecule is CO[C@@]1(C)C[C@H]1N=C(NN)NC1CC1. The minimum Gasteiger partial charge on any atom is -0.376 e. The minimum atomic E-state index is -0.0761. The van der Waals surface area contributed by atoms with Crippen LogP contribution in [0.3, 0.4) is 0 Å². The van der Waals surface area contributed by atoms with Crippen LogP contribution >= 0.6 is 0 Å². The molecular weight excluding hydrogens is 180 g/mol. The van der Waals surface area contributed by atoms with Gasteiger partial charge in [0.05, 0.1) is 11.6 Å². The van der Waals surface area contributed by atoms with Gasteiger partial charge in [-0.1, -0.05) is 0 Å². The molecule has 0 heterocycles. The lowest BCUT2D eigenvalue weighted by Crippen LogP contribution is -2.43. The zero-order valence-electron chi connectivity index (χ0n) is 8.71. The summed E-state index contributed by atoms with van der Waals surface area (Å²) in [5.74, 6) is 6.06. The fraction of sp³-hybridized carbons (Fsp3) is 0.889. The summed E-state index contributed by atoms with van der Waals surface area (Å²) in [4.78, 5) is 4.46.